The molecule has 3 N–H and O–H groups in total. The van der Waals surface area contributed by atoms with Gasteiger partial charge in [-0.25, -0.2) is 17.5 Å². The second-order valence-electron chi connectivity index (χ2n) is 8.61. The zero-order chi connectivity index (χ0) is 24.0. The zero-order valence-corrected chi connectivity index (χ0v) is 19.6. The minimum atomic E-state index is -3.56. The Hall–Kier alpha value is -2.78. The van der Waals surface area contributed by atoms with E-state index in [-0.39, 0.29) is 22.6 Å². The lowest BCUT2D eigenvalue weighted by atomic mass is 9.81. The van der Waals surface area contributed by atoms with E-state index >= 15 is 0 Å². The Balaban J connectivity index is 1.42. The van der Waals surface area contributed by atoms with E-state index in [0.29, 0.717) is 25.1 Å². The van der Waals surface area contributed by atoms with Crippen molar-refractivity contribution in [1.82, 2.24) is 10.0 Å². The van der Waals surface area contributed by atoms with Crippen LogP contribution < -0.4 is 15.4 Å². The summed E-state index contributed by atoms with van der Waals surface area (Å²) in [5.41, 5.74) is 1.32. The van der Waals surface area contributed by atoms with Crippen LogP contribution in [0.2, 0.25) is 0 Å². The van der Waals surface area contributed by atoms with Crippen LogP contribution in [0, 0.1) is 24.6 Å². The summed E-state index contributed by atoms with van der Waals surface area (Å²) in [6.07, 6.45) is 2.69. The van der Waals surface area contributed by atoms with Gasteiger partial charge in [-0.15, -0.1) is 0 Å². The van der Waals surface area contributed by atoms with E-state index in [1.165, 1.54) is 18.2 Å². The Morgan fingerprint density at radius 1 is 1.06 bits per heavy atom. The van der Waals surface area contributed by atoms with E-state index in [2.05, 4.69) is 15.4 Å². The van der Waals surface area contributed by atoms with Crippen LogP contribution >= 0.6 is 0 Å². The van der Waals surface area contributed by atoms with Crippen LogP contribution in [0.4, 0.5) is 10.1 Å². The van der Waals surface area contributed by atoms with Gasteiger partial charge in [-0.2, -0.15) is 0 Å². The van der Waals surface area contributed by atoms with E-state index < -0.39 is 27.8 Å². The molecule has 0 aromatic heterocycles. The summed E-state index contributed by atoms with van der Waals surface area (Å²) in [7, 11) is -3.56. The van der Waals surface area contributed by atoms with E-state index in [1.54, 1.807) is 37.3 Å². The molecule has 9 heteroatoms. The molecule has 33 heavy (non-hydrogen) atoms. The predicted octanol–water partition coefficient (Wildman–Crippen LogP) is 3.36. The van der Waals surface area contributed by atoms with Gasteiger partial charge in [0.2, 0.25) is 21.8 Å². The van der Waals surface area contributed by atoms with E-state index in [1.807, 2.05) is 6.92 Å². The summed E-state index contributed by atoms with van der Waals surface area (Å²) >= 11 is 0. The average molecular weight is 476 g/mol. The van der Waals surface area contributed by atoms with Gasteiger partial charge in [-0.1, -0.05) is 23.8 Å². The van der Waals surface area contributed by atoms with Crippen LogP contribution in [-0.4, -0.2) is 32.8 Å². The molecule has 1 atom stereocenters. The summed E-state index contributed by atoms with van der Waals surface area (Å²) in [6, 6.07) is 11.5. The maximum absolute atomic E-state index is 13.3. The Kier molecular flexibility index (Phi) is 8.20. The standard InChI is InChI=1S/C24H30FN3O4S/c1-16-6-12-22(13-7-16)33(31,32)26-15-18-8-10-19(11-9-18)24(30)27-17(2)23(29)28-21-5-3-4-20(25)14-21/h3-7,12-14,17-19,26H,8-11,15H2,1-2H3,(H,27,30)(H,28,29)/t17-,18?,19?/m1/s1. The quantitative estimate of drug-likeness (QED) is 0.545. The highest BCUT2D eigenvalue weighted by Crippen LogP contribution is 2.29. The lowest BCUT2D eigenvalue weighted by Gasteiger charge is -2.28. The number of anilines is 1. The molecule has 0 heterocycles. The molecule has 2 amide bonds. The highest BCUT2D eigenvalue weighted by molar-refractivity contribution is 7.89. The van der Waals surface area contributed by atoms with Crippen LogP contribution in [0.25, 0.3) is 0 Å². The second-order valence-corrected chi connectivity index (χ2v) is 10.4. The van der Waals surface area contributed by atoms with Crippen molar-refractivity contribution in [2.75, 3.05) is 11.9 Å². The normalized spacial score (nSPS) is 19.5. The van der Waals surface area contributed by atoms with Gasteiger partial charge in [0.1, 0.15) is 11.9 Å². The number of hydrogen-bond acceptors (Lipinski definition) is 4. The number of sulfonamides is 1. The van der Waals surface area contributed by atoms with Crippen molar-refractivity contribution < 1.29 is 22.4 Å². The number of benzene rings is 2. The molecule has 7 nitrogen and oxygen atoms in total. The molecule has 0 saturated heterocycles. The summed E-state index contributed by atoms with van der Waals surface area (Å²) in [5.74, 6) is -1.14. The Labute approximate surface area is 194 Å². The molecule has 0 unspecified atom stereocenters. The lowest BCUT2D eigenvalue weighted by Crippen LogP contribution is -2.45. The molecule has 1 fully saturated rings. The first-order valence-electron chi connectivity index (χ1n) is 11.1. The smallest absolute Gasteiger partial charge is 0.246 e. The number of halogens is 1. The number of rotatable bonds is 8. The number of carbonyl (C=O) groups excluding carboxylic acids is 2. The number of nitrogens with one attached hydrogen (secondary N) is 3. The Morgan fingerprint density at radius 3 is 2.36 bits per heavy atom. The van der Waals surface area contributed by atoms with E-state index in [9.17, 15) is 22.4 Å². The lowest BCUT2D eigenvalue weighted by molar-refractivity contribution is -0.129. The van der Waals surface area contributed by atoms with Crippen molar-refractivity contribution in [1.29, 1.82) is 0 Å². The molecular weight excluding hydrogens is 445 g/mol. The van der Waals surface area contributed by atoms with E-state index in [0.717, 1.165) is 18.4 Å². The predicted molar refractivity (Wildman–Crippen MR) is 124 cm³/mol. The van der Waals surface area contributed by atoms with Gasteiger partial charge in [0.05, 0.1) is 4.90 Å². The molecule has 2 aromatic carbocycles. The third kappa shape index (κ3) is 7.10. The fourth-order valence-corrected chi connectivity index (χ4v) is 4.99. The molecular formula is C24H30FN3O4S. The molecule has 0 spiro atoms. The highest BCUT2D eigenvalue weighted by Gasteiger charge is 2.29. The number of amides is 2. The SMILES string of the molecule is Cc1ccc(S(=O)(=O)NCC2CCC(C(=O)N[C@H](C)C(=O)Nc3cccc(F)c3)CC2)cc1. The summed E-state index contributed by atoms with van der Waals surface area (Å²) in [5, 5.41) is 5.31. The maximum atomic E-state index is 13.3. The largest absolute Gasteiger partial charge is 0.344 e. The molecule has 1 aliphatic rings. The molecule has 178 valence electrons. The Bertz CT molecular complexity index is 1080. The minimum absolute atomic E-state index is 0.156. The van der Waals surface area contributed by atoms with Crippen LogP contribution in [0.15, 0.2) is 53.4 Å². The fourth-order valence-electron chi connectivity index (χ4n) is 3.87. The first-order valence-corrected chi connectivity index (χ1v) is 12.6. The second kappa shape index (κ2) is 10.9. The third-order valence-corrected chi connectivity index (χ3v) is 7.39. The van der Waals surface area contributed by atoms with Crippen molar-refractivity contribution >= 4 is 27.5 Å². The van der Waals surface area contributed by atoms with Crippen molar-refractivity contribution in [2.24, 2.45) is 11.8 Å². The number of hydrogen-bond donors (Lipinski definition) is 3. The number of carbonyl (C=O) groups is 2. The molecule has 0 aliphatic heterocycles. The van der Waals surface area contributed by atoms with Gasteiger partial charge in [-0.3, -0.25) is 9.59 Å². The van der Waals surface area contributed by atoms with E-state index in [4.69, 9.17) is 0 Å². The number of aryl methyl sites for hydroxylation is 1. The van der Waals surface area contributed by atoms with Crippen LogP contribution in [0.1, 0.15) is 38.2 Å². The van der Waals surface area contributed by atoms with Crippen LogP contribution in [0.3, 0.4) is 0 Å². The molecule has 1 aliphatic carbocycles. The first-order chi connectivity index (χ1) is 15.6. The van der Waals surface area contributed by atoms with Crippen molar-refractivity contribution in [3.63, 3.8) is 0 Å². The van der Waals surface area contributed by atoms with Gasteiger partial charge in [0.15, 0.2) is 0 Å². The summed E-state index contributed by atoms with van der Waals surface area (Å²) < 4.78 is 40.9. The van der Waals surface area contributed by atoms with Gasteiger partial charge in [0, 0.05) is 18.2 Å². The van der Waals surface area contributed by atoms with Crippen molar-refractivity contribution in [2.45, 2.75) is 50.5 Å². The first kappa shape index (κ1) is 24.9. The summed E-state index contributed by atoms with van der Waals surface area (Å²) in [6.45, 7) is 3.81. The molecule has 1 saturated carbocycles. The average Bonchev–Trinajstić information content (AvgIpc) is 2.78. The highest BCUT2D eigenvalue weighted by atomic mass is 32.2. The van der Waals surface area contributed by atoms with Crippen molar-refractivity contribution in [3.05, 3.63) is 59.9 Å². The minimum Gasteiger partial charge on any atom is -0.344 e. The van der Waals surface area contributed by atoms with Crippen LogP contribution in [0.5, 0.6) is 0 Å². The zero-order valence-electron chi connectivity index (χ0n) is 18.8. The van der Waals surface area contributed by atoms with Gasteiger partial charge in [0.25, 0.3) is 0 Å². The molecule has 0 bridgehead atoms. The summed E-state index contributed by atoms with van der Waals surface area (Å²) in [4.78, 5) is 25.1. The monoisotopic (exact) mass is 475 g/mol. The maximum Gasteiger partial charge on any atom is 0.246 e. The molecule has 2 aromatic rings. The fraction of sp³-hybridized carbons (Fsp3) is 0.417. The Morgan fingerprint density at radius 2 is 1.73 bits per heavy atom. The van der Waals surface area contributed by atoms with Gasteiger partial charge >= 0.3 is 0 Å². The molecule has 0 radical (unpaired) electrons. The van der Waals surface area contributed by atoms with Gasteiger partial charge in [-0.05, 0) is 75.8 Å². The van der Waals surface area contributed by atoms with Gasteiger partial charge < -0.3 is 10.6 Å². The third-order valence-electron chi connectivity index (χ3n) is 5.96. The molecule has 3 rings (SSSR count). The topological polar surface area (TPSA) is 104 Å². The van der Waals surface area contributed by atoms with Crippen molar-refractivity contribution in [3.8, 4) is 0 Å². The van der Waals surface area contributed by atoms with Crippen LogP contribution in [-0.2, 0) is 19.6 Å².